The molecule has 0 aliphatic carbocycles. The number of nitrogens with zero attached hydrogens (tertiary/aromatic N) is 3. The normalized spacial score (nSPS) is 11.6. The summed E-state index contributed by atoms with van der Waals surface area (Å²) in [4.78, 5) is 12.8. The van der Waals surface area contributed by atoms with Crippen LogP contribution in [0, 0.1) is 13.8 Å². The highest BCUT2D eigenvalue weighted by molar-refractivity contribution is 14.0. The van der Waals surface area contributed by atoms with E-state index < -0.39 is 0 Å². The van der Waals surface area contributed by atoms with E-state index in [1.807, 2.05) is 12.3 Å². The topological polar surface area (TPSA) is 69.5 Å². The predicted molar refractivity (Wildman–Crippen MR) is 140 cm³/mol. The zero-order valence-electron chi connectivity index (χ0n) is 18.4. The zero-order valence-corrected chi connectivity index (χ0v) is 20.7. The Bertz CT molecular complexity index is 1170. The minimum absolute atomic E-state index is 0. The Morgan fingerprint density at radius 1 is 1.16 bits per heavy atom. The average Bonchev–Trinajstić information content (AvgIpc) is 3.32. The third kappa shape index (κ3) is 5.58. The Balaban J connectivity index is 0.00000272. The fraction of sp³-hybridized carbons (Fsp3) is 0.333. The van der Waals surface area contributed by atoms with E-state index in [0.29, 0.717) is 6.54 Å². The lowest BCUT2D eigenvalue weighted by Gasteiger charge is -2.11. The molecule has 4 aromatic rings. The van der Waals surface area contributed by atoms with Gasteiger partial charge in [-0.3, -0.25) is 4.99 Å². The van der Waals surface area contributed by atoms with Crippen molar-refractivity contribution in [3.8, 4) is 0 Å². The Morgan fingerprint density at radius 3 is 2.84 bits per heavy atom. The van der Waals surface area contributed by atoms with Crippen molar-refractivity contribution in [1.82, 2.24) is 25.0 Å². The second-order valence-corrected chi connectivity index (χ2v) is 7.70. The van der Waals surface area contributed by atoms with E-state index in [-0.39, 0.29) is 24.0 Å². The van der Waals surface area contributed by atoms with Gasteiger partial charge in [-0.2, -0.15) is 0 Å². The predicted octanol–water partition coefficient (Wildman–Crippen LogP) is 4.39. The third-order valence-electron chi connectivity index (χ3n) is 5.32. The van der Waals surface area contributed by atoms with Gasteiger partial charge in [0.1, 0.15) is 5.65 Å². The van der Waals surface area contributed by atoms with Crippen LogP contribution in [0.3, 0.4) is 0 Å². The van der Waals surface area contributed by atoms with E-state index in [9.17, 15) is 0 Å². The molecule has 164 valence electrons. The van der Waals surface area contributed by atoms with Crippen molar-refractivity contribution < 1.29 is 0 Å². The van der Waals surface area contributed by atoms with Crippen LogP contribution in [0.2, 0.25) is 0 Å². The van der Waals surface area contributed by atoms with Crippen LogP contribution >= 0.6 is 24.0 Å². The first kappa shape index (κ1) is 23.1. The van der Waals surface area contributed by atoms with Gasteiger partial charge >= 0.3 is 0 Å². The summed E-state index contributed by atoms with van der Waals surface area (Å²) < 4.78 is 2.08. The molecule has 7 heteroatoms. The van der Waals surface area contributed by atoms with Crippen LogP contribution < -0.4 is 10.6 Å². The van der Waals surface area contributed by atoms with E-state index in [0.717, 1.165) is 43.2 Å². The molecule has 31 heavy (non-hydrogen) atoms. The first-order valence-corrected chi connectivity index (χ1v) is 10.7. The molecule has 0 aliphatic heterocycles. The van der Waals surface area contributed by atoms with Crippen molar-refractivity contribution in [2.45, 2.75) is 33.6 Å². The van der Waals surface area contributed by atoms with E-state index in [1.54, 1.807) is 0 Å². The molecule has 0 saturated carbocycles. The smallest absolute Gasteiger partial charge is 0.191 e. The molecule has 4 rings (SSSR count). The van der Waals surface area contributed by atoms with Crippen molar-refractivity contribution >= 4 is 46.5 Å². The fourth-order valence-corrected chi connectivity index (χ4v) is 3.77. The Hall–Kier alpha value is -2.55. The lowest BCUT2D eigenvalue weighted by molar-refractivity contribution is 0.797. The summed E-state index contributed by atoms with van der Waals surface area (Å²) in [5.41, 5.74) is 7.08. The van der Waals surface area contributed by atoms with Crippen LogP contribution in [0.25, 0.3) is 16.6 Å². The van der Waals surface area contributed by atoms with Gasteiger partial charge in [-0.05, 0) is 56.0 Å². The van der Waals surface area contributed by atoms with Gasteiger partial charge in [0, 0.05) is 55.5 Å². The fourth-order valence-electron chi connectivity index (χ4n) is 3.77. The molecule has 0 radical (unpaired) electrons. The van der Waals surface area contributed by atoms with Gasteiger partial charge in [-0.15, -0.1) is 24.0 Å². The molecule has 0 bridgehead atoms. The molecule has 0 atom stereocenters. The number of benzene rings is 1. The third-order valence-corrected chi connectivity index (χ3v) is 5.32. The molecule has 1 aromatic carbocycles. The summed E-state index contributed by atoms with van der Waals surface area (Å²) in [5.74, 6) is 0.855. The van der Waals surface area contributed by atoms with Gasteiger partial charge in [-0.25, -0.2) is 4.98 Å². The lowest BCUT2D eigenvalue weighted by atomic mass is 10.1. The number of H-pyrrole nitrogens is 1. The Kier molecular flexibility index (Phi) is 7.95. The first-order valence-electron chi connectivity index (χ1n) is 10.7. The number of guanidine groups is 1. The summed E-state index contributed by atoms with van der Waals surface area (Å²) in [6.45, 7) is 8.67. The van der Waals surface area contributed by atoms with Crippen LogP contribution in [-0.4, -0.2) is 40.0 Å². The minimum atomic E-state index is 0. The van der Waals surface area contributed by atoms with Crippen molar-refractivity contribution in [1.29, 1.82) is 0 Å². The first-order chi connectivity index (χ1) is 14.6. The molecule has 0 spiro atoms. The number of fused-ring (bicyclic) bond motifs is 2. The monoisotopic (exact) mass is 530 g/mol. The van der Waals surface area contributed by atoms with E-state index in [2.05, 4.69) is 77.4 Å². The number of pyridine rings is 1. The Labute approximate surface area is 200 Å². The zero-order chi connectivity index (χ0) is 20.9. The highest BCUT2D eigenvalue weighted by Gasteiger charge is 2.06. The van der Waals surface area contributed by atoms with Crippen molar-refractivity contribution in [3.05, 3.63) is 71.3 Å². The van der Waals surface area contributed by atoms with E-state index in [4.69, 9.17) is 9.98 Å². The van der Waals surface area contributed by atoms with Gasteiger partial charge < -0.3 is 20.0 Å². The second kappa shape index (κ2) is 10.7. The summed E-state index contributed by atoms with van der Waals surface area (Å²) >= 11 is 0. The van der Waals surface area contributed by atoms with Gasteiger partial charge in [0.15, 0.2) is 5.96 Å². The number of imidazole rings is 1. The number of aliphatic imine (C=N–C) groups is 1. The Morgan fingerprint density at radius 2 is 2.03 bits per heavy atom. The summed E-state index contributed by atoms with van der Waals surface area (Å²) in [7, 11) is 0. The van der Waals surface area contributed by atoms with Crippen LogP contribution in [0.15, 0.2) is 53.9 Å². The highest BCUT2D eigenvalue weighted by atomic mass is 127. The van der Waals surface area contributed by atoms with E-state index >= 15 is 0 Å². The number of hydrogen-bond donors (Lipinski definition) is 3. The quantitative estimate of drug-likeness (QED) is 0.189. The molecular formula is C24H31IN6. The van der Waals surface area contributed by atoms with Crippen molar-refractivity contribution in [2.75, 3.05) is 19.6 Å². The number of rotatable bonds is 7. The SMILES string of the molecule is CCNC(=NCCc1cn2cccc(C)c2n1)NCCc1c[nH]c2cc(C)ccc12.I. The number of hydrogen-bond acceptors (Lipinski definition) is 2. The molecule has 3 heterocycles. The van der Waals surface area contributed by atoms with Gasteiger partial charge in [0.05, 0.1) is 5.69 Å². The standard InChI is InChI=1S/C24H30N6.HI/c1-4-25-24(26-11-9-19-15-28-22-14-17(2)7-8-21(19)22)27-12-10-20-16-30-13-5-6-18(3)23(30)29-20;/h5-8,13-16,28H,4,9-12H2,1-3H3,(H2,25,26,27);1H. The molecule has 0 fully saturated rings. The molecule has 0 unspecified atom stereocenters. The average molecular weight is 530 g/mol. The van der Waals surface area contributed by atoms with Crippen LogP contribution in [-0.2, 0) is 12.8 Å². The maximum absolute atomic E-state index is 4.74. The van der Waals surface area contributed by atoms with Gasteiger partial charge in [0.2, 0.25) is 0 Å². The number of aromatic amines is 1. The molecule has 6 nitrogen and oxygen atoms in total. The molecule has 0 aliphatic rings. The maximum Gasteiger partial charge on any atom is 0.191 e. The molecule has 3 N–H and O–H groups in total. The second-order valence-electron chi connectivity index (χ2n) is 7.70. The van der Waals surface area contributed by atoms with E-state index in [1.165, 1.54) is 27.6 Å². The lowest BCUT2D eigenvalue weighted by Crippen LogP contribution is -2.38. The van der Waals surface area contributed by atoms with Crippen LogP contribution in [0.1, 0.15) is 29.3 Å². The summed E-state index contributed by atoms with van der Waals surface area (Å²) in [6.07, 6.45) is 8.01. The van der Waals surface area contributed by atoms with Crippen molar-refractivity contribution in [2.24, 2.45) is 4.99 Å². The maximum atomic E-state index is 4.74. The molecular weight excluding hydrogens is 499 g/mol. The highest BCUT2D eigenvalue weighted by Crippen LogP contribution is 2.19. The number of nitrogens with one attached hydrogen (secondary N) is 3. The molecule has 3 aromatic heterocycles. The number of aromatic nitrogens is 3. The summed E-state index contributed by atoms with van der Waals surface area (Å²) in [6, 6.07) is 10.7. The number of aryl methyl sites for hydroxylation is 2. The van der Waals surface area contributed by atoms with Crippen molar-refractivity contribution in [3.63, 3.8) is 0 Å². The van der Waals surface area contributed by atoms with Gasteiger partial charge in [-0.1, -0.05) is 18.2 Å². The number of halogens is 1. The van der Waals surface area contributed by atoms with Crippen LogP contribution in [0.4, 0.5) is 0 Å². The van der Waals surface area contributed by atoms with Gasteiger partial charge in [0.25, 0.3) is 0 Å². The molecule has 0 saturated heterocycles. The van der Waals surface area contributed by atoms with Crippen LogP contribution in [0.5, 0.6) is 0 Å². The molecule has 0 amide bonds. The minimum Gasteiger partial charge on any atom is -0.361 e. The summed E-state index contributed by atoms with van der Waals surface area (Å²) in [5, 5.41) is 8.09. The largest absolute Gasteiger partial charge is 0.361 e.